The first-order valence-electron chi connectivity index (χ1n) is 12.4. The van der Waals surface area contributed by atoms with Crippen LogP contribution in [0.15, 0.2) is 63.8 Å². The molecule has 0 radical (unpaired) electrons. The van der Waals surface area contributed by atoms with Gasteiger partial charge >= 0.3 is 0 Å². The van der Waals surface area contributed by atoms with Crippen molar-refractivity contribution >= 4 is 17.4 Å². The number of carbonyl (C=O) groups is 1. The van der Waals surface area contributed by atoms with Crippen molar-refractivity contribution in [1.29, 1.82) is 0 Å². The molecule has 0 amide bonds. The summed E-state index contributed by atoms with van der Waals surface area (Å²) < 4.78 is 34.2. The van der Waals surface area contributed by atoms with Crippen LogP contribution in [0.2, 0.25) is 0 Å². The highest BCUT2D eigenvalue weighted by atomic mass is 19.1. The molecule has 7 heteroatoms. The maximum absolute atomic E-state index is 14.2. The molecule has 2 unspecified atom stereocenters. The van der Waals surface area contributed by atoms with Crippen LogP contribution in [0, 0.1) is 5.92 Å². The Hall–Kier alpha value is -2.63. The molecular formula is C28H41F2N3O2. The molecular weight excluding hydrogens is 448 g/mol. The number of hydrogen-bond acceptors (Lipinski definition) is 5. The minimum absolute atomic E-state index is 0.0985. The normalized spacial score (nSPS) is 18.7. The van der Waals surface area contributed by atoms with E-state index in [1.165, 1.54) is 24.3 Å². The number of alkyl halides is 1. The third kappa shape index (κ3) is 11.6. The molecule has 2 rings (SSSR count). The minimum atomic E-state index is -1.58. The van der Waals surface area contributed by atoms with Crippen molar-refractivity contribution in [3.8, 4) is 0 Å². The summed E-state index contributed by atoms with van der Waals surface area (Å²) in [6.45, 7) is 15.8. The van der Waals surface area contributed by atoms with Gasteiger partial charge in [0.2, 0.25) is 0 Å². The molecule has 0 aromatic rings. The van der Waals surface area contributed by atoms with Gasteiger partial charge in [0, 0.05) is 30.2 Å². The lowest BCUT2D eigenvalue weighted by molar-refractivity contribution is -0.122. The first-order valence-corrected chi connectivity index (χ1v) is 12.4. The molecule has 0 N–H and O–H groups in total. The first-order chi connectivity index (χ1) is 16.6. The monoisotopic (exact) mass is 489 g/mol. The third-order valence-corrected chi connectivity index (χ3v) is 5.30. The SMILES string of the molecule is CC.CCN(CCC(C)C(=O)CC1=C(F)C=CC=CC1F)CC1=NC=C=CN=C(OC(C)(C)C)C1. The molecule has 5 nitrogen and oxygen atoms in total. The Bertz CT molecular complexity index is 917. The molecule has 0 fully saturated rings. The number of rotatable bonds is 9. The highest BCUT2D eigenvalue weighted by Gasteiger charge is 2.23. The van der Waals surface area contributed by atoms with E-state index >= 15 is 0 Å². The Morgan fingerprint density at radius 2 is 1.94 bits per heavy atom. The largest absolute Gasteiger partial charge is 0.475 e. The quantitative estimate of drug-likeness (QED) is 0.339. The van der Waals surface area contributed by atoms with Crippen LogP contribution in [0.1, 0.15) is 67.7 Å². The van der Waals surface area contributed by atoms with Gasteiger partial charge in [0.05, 0.1) is 18.8 Å². The molecule has 0 aromatic heterocycles. The number of allylic oxidation sites excluding steroid dienone is 6. The predicted molar refractivity (Wildman–Crippen MR) is 141 cm³/mol. The second-order valence-electron chi connectivity index (χ2n) is 9.25. The van der Waals surface area contributed by atoms with Gasteiger partial charge in [-0.3, -0.25) is 14.7 Å². The van der Waals surface area contributed by atoms with E-state index in [4.69, 9.17) is 4.74 Å². The summed E-state index contributed by atoms with van der Waals surface area (Å²) in [7, 11) is 0. The van der Waals surface area contributed by atoms with Crippen LogP contribution in [-0.2, 0) is 9.53 Å². The van der Waals surface area contributed by atoms with Crippen molar-refractivity contribution in [1.82, 2.24) is 4.90 Å². The minimum Gasteiger partial charge on any atom is -0.475 e. The molecule has 1 aliphatic heterocycles. The fourth-order valence-corrected chi connectivity index (χ4v) is 3.39. The first kappa shape index (κ1) is 30.4. The van der Waals surface area contributed by atoms with Crippen LogP contribution in [0.3, 0.4) is 0 Å². The lowest BCUT2D eigenvalue weighted by Crippen LogP contribution is -2.34. The molecule has 2 atom stereocenters. The van der Waals surface area contributed by atoms with Gasteiger partial charge in [0.15, 0.2) is 5.90 Å². The van der Waals surface area contributed by atoms with Crippen molar-refractivity contribution < 1.29 is 18.3 Å². The molecule has 194 valence electrons. The number of hydrogen-bond donors (Lipinski definition) is 0. The molecule has 1 heterocycles. The Labute approximate surface area is 209 Å². The molecule has 35 heavy (non-hydrogen) atoms. The smallest absolute Gasteiger partial charge is 0.194 e. The van der Waals surface area contributed by atoms with Gasteiger partial charge in [-0.2, -0.15) is 0 Å². The fourth-order valence-electron chi connectivity index (χ4n) is 3.39. The van der Waals surface area contributed by atoms with Gasteiger partial charge in [-0.05, 0) is 52.4 Å². The second-order valence-corrected chi connectivity index (χ2v) is 9.25. The maximum atomic E-state index is 14.2. The molecule has 1 aliphatic carbocycles. The van der Waals surface area contributed by atoms with E-state index in [9.17, 15) is 13.6 Å². The summed E-state index contributed by atoms with van der Waals surface area (Å²) in [4.78, 5) is 23.7. The van der Waals surface area contributed by atoms with Crippen LogP contribution in [0.4, 0.5) is 8.78 Å². The Morgan fingerprint density at radius 3 is 2.60 bits per heavy atom. The zero-order valence-corrected chi connectivity index (χ0v) is 22.3. The van der Waals surface area contributed by atoms with Gasteiger partial charge < -0.3 is 4.74 Å². The highest BCUT2D eigenvalue weighted by molar-refractivity contribution is 6.02. The summed E-state index contributed by atoms with van der Waals surface area (Å²) in [6, 6.07) is 0. The van der Waals surface area contributed by atoms with Crippen molar-refractivity contribution in [2.45, 2.75) is 79.5 Å². The number of carbonyl (C=O) groups excluding carboxylic acids is 1. The zero-order chi connectivity index (χ0) is 26.4. The molecule has 0 spiro atoms. The second kappa shape index (κ2) is 15.4. The number of aliphatic imine (C=N–C) groups is 2. The van der Waals surface area contributed by atoms with Gasteiger partial charge in [-0.1, -0.05) is 45.6 Å². The fraction of sp³-hybridized carbons (Fsp3) is 0.571. The third-order valence-electron chi connectivity index (χ3n) is 5.30. The van der Waals surface area contributed by atoms with Crippen LogP contribution < -0.4 is 0 Å². The molecule has 0 bridgehead atoms. The predicted octanol–water partition coefficient (Wildman–Crippen LogP) is 6.69. The van der Waals surface area contributed by atoms with Crippen LogP contribution in [-0.4, -0.2) is 53.7 Å². The average Bonchev–Trinajstić information content (AvgIpc) is 2.94. The van der Waals surface area contributed by atoms with Crippen molar-refractivity contribution in [2.24, 2.45) is 15.9 Å². The lowest BCUT2D eigenvalue weighted by Gasteiger charge is -2.25. The summed E-state index contributed by atoms with van der Waals surface area (Å²) in [5.41, 5.74) is 3.33. The number of ether oxygens (including phenoxy) is 1. The number of Topliss-reactive ketones (excluding diaryl/α,β-unsaturated/α-hetero) is 1. The van der Waals surface area contributed by atoms with Gasteiger partial charge in [0.1, 0.15) is 23.4 Å². The molecule has 0 aromatic carbocycles. The van der Waals surface area contributed by atoms with E-state index in [1.807, 2.05) is 48.5 Å². The van der Waals surface area contributed by atoms with Crippen molar-refractivity contribution in [3.63, 3.8) is 0 Å². The van der Waals surface area contributed by atoms with Gasteiger partial charge in [-0.25, -0.2) is 13.8 Å². The summed E-state index contributed by atoms with van der Waals surface area (Å²) in [5, 5.41) is 0. The van der Waals surface area contributed by atoms with Gasteiger partial charge in [0.25, 0.3) is 0 Å². The van der Waals surface area contributed by atoms with E-state index in [2.05, 4.69) is 20.6 Å². The molecule has 0 saturated carbocycles. The summed E-state index contributed by atoms with van der Waals surface area (Å²) in [5.74, 6) is -0.551. The standard InChI is InChI=1S/C26H35F2N3O2.C2H6/c1-6-31(18-20-16-25(33-26(3,4)5)30-14-9-13-29-20)15-12-19(2)24(32)17-21-22(27)10-7-8-11-23(21)28;1-2/h7-8,10-11,13-14,19,22H,6,12,15-18H2,1-5H3;1-2H3. The van der Waals surface area contributed by atoms with Gasteiger partial charge in [-0.15, -0.1) is 0 Å². The lowest BCUT2D eigenvalue weighted by atomic mass is 9.94. The van der Waals surface area contributed by atoms with Crippen molar-refractivity contribution in [2.75, 3.05) is 19.6 Å². The average molecular weight is 490 g/mol. The number of halogens is 2. The Balaban J connectivity index is 0.00000298. The van der Waals surface area contributed by atoms with E-state index in [0.29, 0.717) is 31.8 Å². The maximum Gasteiger partial charge on any atom is 0.194 e. The molecule has 0 saturated heterocycles. The highest BCUT2D eigenvalue weighted by Crippen LogP contribution is 2.24. The summed E-state index contributed by atoms with van der Waals surface area (Å²) >= 11 is 0. The van der Waals surface area contributed by atoms with Crippen LogP contribution >= 0.6 is 0 Å². The van der Waals surface area contributed by atoms with E-state index in [0.717, 1.165) is 12.3 Å². The zero-order valence-electron chi connectivity index (χ0n) is 22.3. The topological polar surface area (TPSA) is 54.3 Å². The van der Waals surface area contributed by atoms with E-state index < -0.39 is 12.0 Å². The van der Waals surface area contributed by atoms with Crippen molar-refractivity contribution in [3.05, 3.63) is 53.8 Å². The van der Waals surface area contributed by atoms with E-state index in [-0.39, 0.29) is 29.3 Å². The van der Waals surface area contributed by atoms with E-state index in [1.54, 1.807) is 12.4 Å². The van der Waals surface area contributed by atoms with Crippen LogP contribution in [0.25, 0.3) is 0 Å². The number of ketones is 1. The number of nitrogens with zero attached hydrogens (tertiary/aromatic N) is 3. The van der Waals surface area contributed by atoms with Crippen LogP contribution in [0.5, 0.6) is 0 Å². The Kier molecular flexibility index (Phi) is 13.4. The Morgan fingerprint density at radius 1 is 1.26 bits per heavy atom. The summed E-state index contributed by atoms with van der Waals surface area (Å²) in [6.07, 6.45) is 7.78. The molecule has 2 aliphatic rings.